The zero-order valence-corrected chi connectivity index (χ0v) is 10.8. The van der Waals surface area contributed by atoms with Gasteiger partial charge in [0.2, 0.25) is 0 Å². The third-order valence-corrected chi connectivity index (χ3v) is 3.29. The second-order valence-electron chi connectivity index (χ2n) is 4.69. The normalized spacial score (nSPS) is 14.5. The number of nitrogens with zero attached hydrogens (tertiary/aromatic N) is 2. The van der Waals surface area contributed by atoms with Gasteiger partial charge in [0, 0.05) is 30.9 Å². The number of aromatic nitrogens is 1. The molecule has 4 N–H and O–H groups in total. The maximum atomic E-state index is 12.0. The van der Waals surface area contributed by atoms with Crippen LogP contribution >= 0.6 is 0 Å². The Bertz CT molecular complexity index is 444. The van der Waals surface area contributed by atoms with Gasteiger partial charge < -0.3 is 11.1 Å². The molecule has 0 saturated heterocycles. The van der Waals surface area contributed by atoms with Crippen LogP contribution in [0, 0.1) is 5.41 Å². The minimum Gasteiger partial charge on any atom is -0.370 e. The molecule has 2 rings (SSSR count). The molecule has 19 heavy (non-hydrogen) atoms. The van der Waals surface area contributed by atoms with Crippen molar-refractivity contribution < 1.29 is 4.79 Å². The molecule has 0 unspecified atom stereocenters. The average Bonchev–Trinajstić information content (AvgIpc) is 2.35. The smallest absolute Gasteiger partial charge is 0.324 e. The van der Waals surface area contributed by atoms with Gasteiger partial charge in [-0.05, 0) is 31.4 Å². The van der Waals surface area contributed by atoms with E-state index < -0.39 is 0 Å². The average molecular weight is 261 g/mol. The largest absolute Gasteiger partial charge is 0.370 e. The molecule has 6 nitrogen and oxygen atoms in total. The fraction of sp³-hybridized carbons (Fsp3) is 0.462. The molecule has 1 aromatic rings. The predicted octanol–water partition coefficient (Wildman–Crippen LogP) is 1.08. The Balaban J connectivity index is 1.88. The SMILES string of the molecule is N=C(N)N(CCc1ccccn1)C(=O)NC1CCC1. The van der Waals surface area contributed by atoms with Crippen LogP contribution in [0.4, 0.5) is 4.79 Å². The van der Waals surface area contributed by atoms with Crippen molar-refractivity contribution >= 4 is 12.0 Å². The number of nitrogens with two attached hydrogens (primary N) is 1. The van der Waals surface area contributed by atoms with E-state index >= 15 is 0 Å². The summed E-state index contributed by atoms with van der Waals surface area (Å²) in [5.41, 5.74) is 6.34. The first-order valence-corrected chi connectivity index (χ1v) is 6.49. The summed E-state index contributed by atoms with van der Waals surface area (Å²) in [5, 5.41) is 10.4. The highest BCUT2D eigenvalue weighted by atomic mass is 16.2. The monoisotopic (exact) mass is 261 g/mol. The Morgan fingerprint density at radius 3 is 2.84 bits per heavy atom. The summed E-state index contributed by atoms with van der Waals surface area (Å²) in [6.07, 6.45) is 5.47. The molecular weight excluding hydrogens is 242 g/mol. The summed E-state index contributed by atoms with van der Waals surface area (Å²) in [4.78, 5) is 17.4. The molecule has 1 saturated carbocycles. The Morgan fingerprint density at radius 2 is 2.32 bits per heavy atom. The standard InChI is InChI=1S/C13H19N5O/c14-12(15)18(13(19)17-11-5-3-6-11)9-7-10-4-1-2-8-16-10/h1-2,4,8,11H,3,5-7,9H2,(H3,14,15)(H,17,19). The molecule has 0 aliphatic heterocycles. The lowest BCUT2D eigenvalue weighted by Crippen LogP contribution is -2.52. The van der Waals surface area contributed by atoms with Crippen molar-refractivity contribution in [2.24, 2.45) is 5.73 Å². The van der Waals surface area contributed by atoms with Crippen LogP contribution in [0.1, 0.15) is 25.0 Å². The highest BCUT2D eigenvalue weighted by Crippen LogP contribution is 2.18. The van der Waals surface area contributed by atoms with Crippen molar-refractivity contribution in [2.45, 2.75) is 31.7 Å². The van der Waals surface area contributed by atoms with Gasteiger partial charge in [0.25, 0.3) is 0 Å². The van der Waals surface area contributed by atoms with Crippen molar-refractivity contribution in [3.63, 3.8) is 0 Å². The minimum absolute atomic E-state index is 0.229. The number of hydrogen-bond acceptors (Lipinski definition) is 3. The zero-order valence-electron chi connectivity index (χ0n) is 10.8. The number of carbonyl (C=O) groups excluding carboxylic acids is 1. The molecule has 0 bridgehead atoms. The van der Waals surface area contributed by atoms with Gasteiger partial charge in [-0.15, -0.1) is 0 Å². The molecule has 0 atom stereocenters. The molecule has 1 aliphatic carbocycles. The Morgan fingerprint density at radius 1 is 1.53 bits per heavy atom. The van der Waals surface area contributed by atoms with Gasteiger partial charge >= 0.3 is 6.03 Å². The molecule has 0 aromatic carbocycles. The van der Waals surface area contributed by atoms with E-state index in [0.29, 0.717) is 13.0 Å². The van der Waals surface area contributed by atoms with Crippen molar-refractivity contribution in [1.29, 1.82) is 5.41 Å². The van der Waals surface area contributed by atoms with Crippen LogP contribution in [0.2, 0.25) is 0 Å². The van der Waals surface area contributed by atoms with Crippen LogP contribution in [0.3, 0.4) is 0 Å². The molecule has 2 amide bonds. The third-order valence-electron chi connectivity index (χ3n) is 3.29. The van der Waals surface area contributed by atoms with Crippen LogP contribution in [0.25, 0.3) is 0 Å². The number of urea groups is 1. The molecular formula is C13H19N5O. The highest BCUT2D eigenvalue weighted by Gasteiger charge is 2.23. The second-order valence-corrected chi connectivity index (χ2v) is 4.69. The first-order valence-electron chi connectivity index (χ1n) is 6.49. The summed E-state index contributed by atoms with van der Waals surface area (Å²) in [7, 11) is 0. The minimum atomic E-state index is -0.284. The van der Waals surface area contributed by atoms with Gasteiger partial charge in [-0.1, -0.05) is 6.07 Å². The molecule has 102 valence electrons. The summed E-state index contributed by atoms with van der Waals surface area (Å²) in [6.45, 7) is 0.366. The highest BCUT2D eigenvalue weighted by molar-refractivity contribution is 5.94. The Kier molecular flexibility index (Phi) is 4.33. The maximum Gasteiger partial charge on any atom is 0.324 e. The van der Waals surface area contributed by atoms with E-state index in [1.165, 1.54) is 4.90 Å². The lowest BCUT2D eigenvalue weighted by atomic mass is 9.93. The van der Waals surface area contributed by atoms with Gasteiger partial charge in [0.05, 0.1) is 0 Å². The van der Waals surface area contributed by atoms with Gasteiger partial charge in [-0.25, -0.2) is 4.79 Å². The quantitative estimate of drug-likeness (QED) is 0.559. The van der Waals surface area contributed by atoms with Crippen LogP contribution in [0.5, 0.6) is 0 Å². The maximum absolute atomic E-state index is 12.0. The number of hydrogen-bond donors (Lipinski definition) is 3. The Labute approximate surface area is 112 Å². The fourth-order valence-corrected chi connectivity index (χ4v) is 1.91. The van der Waals surface area contributed by atoms with Crippen molar-refractivity contribution in [2.75, 3.05) is 6.54 Å². The van der Waals surface area contributed by atoms with E-state index in [1.807, 2.05) is 18.2 Å². The number of pyridine rings is 1. The van der Waals surface area contributed by atoms with E-state index in [-0.39, 0.29) is 18.0 Å². The first kappa shape index (κ1) is 13.3. The van der Waals surface area contributed by atoms with E-state index in [9.17, 15) is 4.79 Å². The lowest BCUT2D eigenvalue weighted by molar-refractivity contribution is 0.208. The summed E-state index contributed by atoms with van der Waals surface area (Å²) >= 11 is 0. The van der Waals surface area contributed by atoms with Crippen LogP contribution in [0.15, 0.2) is 24.4 Å². The molecule has 6 heteroatoms. The van der Waals surface area contributed by atoms with Crippen molar-refractivity contribution in [1.82, 2.24) is 15.2 Å². The van der Waals surface area contributed by atoms with Gasteiger partial charge in [0.1, 0.15) is 0 Å². The van der Waals surface area contributed by atoms with Crippen LogP contribution in [-0.4, -0.2) is 34.5 Å². The third kappa shape index (κ3) is 3.67. The number of rotatable bonds is 4. The summed E-state index contributed by atoms with van der Waals surface area (Å²) < 4.78 is 0. The zero-order chi connectivity index (χ0) is 13.7. The summed E-state index contributed by atoms with van der Waals surface area (Å²) in [5.74, 6) is -0.229. The first-order chi connectivity index (χ1) is 9.16. The van der Waals surface area contributed by atoms with Crippen LogP contribution in [-0.2, 0) is 6.42 Å². The molecule has 0 spiro atoms. The van der Waals surface area contributed by atoms with Gasteiger partial charge in [-0.2, -0.15) is 0 Å². The number of guanidine groups is 1. The van der Waals surface area contributed by atoms with Crippen molar-refractivity contribution in [3.05, 3.63) is 30.1 Å². The van der Waals surface area contributed by atoms with Crippen LogP contribution < -0.4 is 11.1 Å². The topological polar surface area (TPSA) is 95.1 Å². The lowest BCUT2D eigenvalue weighted by Gasteiger charge is -2.29. The molecule has 1 aromatic heterocycles. The van der Waals surface area contributed by atoms with E-state index in [4.69, 9.17) is 11.1 Å². The van der Waals surface area contributed by atoms with Gasteiger partial charge in [-0.3, -0.25) is 15.3 Å². The molecule has 0 radical (unpaired) electrons. The Hall–Kier alpha value is -2.11. The summed E-state index contributed by atoms with van der Waals surface area (Å²) in [6, 6.07) is 5.59. The molecule has 1 aliphatic rings. The second kappa shape index (κ2) is 6.17. The predicted molar refractivity (Wildman–Crippen MR) is 72.7 cm³/mol. The number of amides is 2. The molecule has 1 heterocycles. The van der Waals surface area contributed by atoms with E-state index in [0.717, 1.165) is 25.0 Å². The van der Waals surface area contributed by atoms with Gasteiger partial charge in [0.15, 0.2) is 5.96 Å². The van der Waals surface area contributed by atoms with Crippen molar-refractivity contribution in [3.8, 4) is 0 Å². The molecule has 1 fully saturated rings. The fourth-order valence-electron chi connectivity index (χ4n) is 1.91. The van der Waals surface area contributed by atoms with E-state index in [1.54, 1.807) is 6.20 Å². The number of nitrogens with one attached hydrogen (secondary N) is 2. The van der Waals surface area contributed by atoms with E-state index in [2.05, 4.69) is 10.3 Å². The number of carbonyl (C=O) groups is 1.